The van der Waals surface area contributed by atoms with E-state index in [9.17, 15) is 0 Å². The van der Waals surface area contributed by atoms with Gasteiger partial charge in [0, 0.05) is 11.6 Å². The molecule has 3 nitrogen and oxygen atoms in total. The van der Waals surface area contributed by atoms with Crippen molar-refractivity contribution in [3.8, 4) is 0 Å². The Morgan fingerprint density at radius 2 is 1.88 bits per heavy atom. The summed E-state index contributed by atoms with van der Waals surface area (Å²) in [6.07, 6.45) is 6.74. The zero-order valence-corrected chi connectivity index (χ0v) is 11.6. The van der Waals surface area contributed by atoms with Crippen LogP contribution in [0.4, 0.5) is 0 Å². The molecule has 0 atom stereocenters. The van der Waals surface area contributed by atoms with E-state index in [0.29, 0.717) is 5.92 Å². The minimum absolute atomic E-state index is 0.0717. The lowest BCUT2D eigenvalue weighted by Gasteiger charge is -2.22. The molecule has 0 saturated heterocycles. The molecule has 0 aliphatic heterocycles. The minimum Gasteiger partial charge on any atom is -0.344 e. The second-order valence-electron chi connectivity index (χ2n) is 5.81. The van der Waals surface area contributed by atoms with E-state index in [4.69, 9.17) is 4.98 Å². The standard InChI is InChI=1S/C14H25N3/c1-10-12(11-8-6-5-7-9-11)17-13(16-10)14(2,3)15-4/h11,15H,5-9H2,1-4H3,(H,16,17). The lowest BCUT2D eigenvalue weighted by molar-refractivity contribution is 0.413. The van der Waals surface area contributed by atoms with Gasteiger partial charge < -0.3 is 10.3 Å². The van der Waals surface area contributed by atoms with Gasteiger partial charge in [-0.25, -0.2) is 4.98 Å². The Labute approximate surface area is 104 Å². The molecule has 0 aromatic carbocycles. The summed E-state index contributed by atoms with van der Waals surface area (Å²) in [6.45, 7) is 6.48. The Kier molecular flexibility index (Phi) is 3.57. The van der Waals surface area contributed by atoms with E-state index in [2.05, 4.69) is 31.1 Å². The summed E-state index contributed by atoms with van der Waals surface area (Å²) >= 11 is 0. The van der Waals surface area contributed by atoms with Gasteiger partial charge in [-0.1, -0.05) is 19.3 Å². The first-order valence-corrected chi connectivity index (χ1v) is 6.80. The number of nitrogens with one attached hydrogen (secondary N) is 2. The molecule has 17 heavy (non-hydrogen) atoms. The molecule has 2 N–H and O–H groups in total. The topological polar surface area (TPSA) is 40.7 Å². The molecule has 0 bridgehead atoms. The Morgan fingerprint density at radius 1 is 1.24 bits per heavy atom. The molecule has 1 aromatic heterocycles. The maximum atomic E-state index is 4.86. The molecule has 1 fully saturated rings. The van der Waals surface area contributed by atoms with Gasteiger partial charge in [0.05, 0.1) is 11.2 Å². The fourth-order valence-corrected chi connectivity index (χ4v) is 2.66. The van der Waals surface area contributed by atoms with Crippen molar-refractivity contribution >= 4 is 0 Å². The molecular formula is C14H25N3. The summed E-state index contributed by atoms with van der Waals surface area (Å²) in [5, 5.41) is 3.31. The number of rotatable bonds is 3. The zero-order chi connectivity index (χ0) is 12.5. The van der Waals surface area contributed by atoms with Crippen LogP contribution in [0, 0.1) is 6.92 Å². The third kappa shape index (κ3) is 2.54. The van der Waals surface area contributed by atoms with Crippen LogP contribution in [-0.2, 0) is 5.54 Å². The van der Waals surface area contributed by atoms with E-state index >= 15 is 0 Å². The van der Waals surface area contributed by atoms with Crippen molar-refractivity contribution in [2.75, 3.05) is 7.05 Å². The van der Waals surface area contributed by atoms with Crippen LogP contribution in [0.25, 0.3) is 0 Å². The molecule has 3 heteroatoms. The Balaban J connectivity index is 2.24. The second-order valence-corrected chi connectivity index (χ2v) is 5.81. The average Bonchev–Trinajstić information content (AvgIpc) is 2.73. The first-order valence-electron chi connectivity index (χ1n) is 6.80. The number of aromatic nitrogens is 2. The summed E-state index contributed by atoms with van der Waals surface area (Å²) in [5.74, 6) is 1.75. The summed E-state index contributed by atoms with van der Waals surface area (Å²) in [6, 6.07) is 0. The van der Waals surface area contributed by atoms with Gasteiger partial charge in [-0.2, -0.15) is 0 Å². The number of aryl methyl sites for hydroxylation is 1. The van der Waals surface area contributed by atoms with Crippen LogP contribution in [0.1, 0.15) is 69.1 Å². The van der Waals surface area contributed by atoms with Gasteiger partial charge in [-0.3, -0.25) is 0 Å². The molecule has 0 radical (unpaired) electrons. The Bertz CT molecular complexity index is 373. The van der Waals surface area contributed by atoms with E-state index in [0.717, 1.165) is 5.82 Å². The molecule has 0 unspecified atom stereocenters. The number of H-pyrrole nitrogens is 1. The molecular weight excluding hydrogens is 210 g/mol. The van der Waals surface area contributed by atoms with Crippen LogP contribution in [-0.4, -0.2) is 17.0 Å². The van der Waals surface area contributed by atoms with Crippen molar-refractivity contribution < 1.29 is 0 Å². The van der Waals surface area contributed by atoms with E-state index in [1.54, 1.807) is 0 Å². The van der Waals surface area contributed by atoms with Gasteiger partial charge in [0.2, 0.25) is 0 Å². The van der Waals surface area contributed by atoms with Gasteiger partial charge in [-0.15, -0.1) is 0 Å². The zero-order valence-electron chi connectivity index (χ0n) is 11.6. The van der Waals surface area contributed by atoms with Gasteiger partial charge in [0.25, 0.3) is 0 Å². The number of imidazole rings is 1. The smallest absolute Gasteiger partial charge is 0.126 e. The van der Waals surface area contributed by atoms with Gasteiger partial charge >= 0.3 is 0 Å². The fourth-order valence-electron chi connectivity index (χ4n) is 2.66. The first kappa shape index (κ1) is 12.6. The largest absolute Gasteiger partial charge is 0.344 e. The van der Waals surface area contributed by atoms with Gasteiger partial charge in [0.1, 0.15) is 5.82 Å². The van der Waals surface area contributed by atoms with Crippen LogP contribution in [0.2, 0.25) is 0 Å². The third-order valence-electron chi connectivity index (χ3n) is 4.13. The predicted octanol–water partition coefficient (Wildman–Crippen LogP) is 3.22. The number of hydrogen-bond donors (Lipinski definition) is 2. The molecule has 1 aliphatic carbocycles. The van der Waals surface area contributed by atoms with Crippen molar-refractivity contribution in [2.24, 2.45) is 0 Å². The molecule has 2 rings (SSSR count). The van der Waals surface area contributed by atoms with E-state index in [1.807, 2.05) is 7.05 Å². The molecule has 0 amide bonds. The SMILES string of the molecule is CNC(C)(C)c1nc(C2CCCCC2)c(C)[nH]1. The van der Waals surface area contributed by atoms with Crippen LogP contribution in [0.3, 0.4) is 0 Å². The van der Waals surface area contributed by atoms with Crippen molar-refractivity contribution in [3.05, 3.63) is 17.2 Å². The van der Waals surface area contributed by atoms with Crippen molar-refractivity contribution in [2.45, 2.75) is 64.3 Å². The van der Waals surface area contributed by atoms with E-state index in [-0.39, 0.29) is 5.54 Å². The Hall–Kier alpha value is -0.830. The van der Waals surface area contributed by atoms with Gasteiger partial charge in [-0.05, 0) is 40.7 Å². The van der Waals surface area contributed by atoms with Crippen LogP contribution in [0.15, 0.2) is 0 Å². The minimum atomic E-state index is -0.0717. The summed E-state index contributed by atoms with van der Waals surface area (Å²) < 4.78 is 0. The third-order valence-corrected chi connectivity index (χ3v) is 4.13. The molecule has 0 spiro atoms. The molecule has 1 aliphatic rings. The van der Waals surface area contributed by atoms with Crippen LogP contribution in [0.5, 0.6) is 0 Å². The lowest BCUT2D eigenvalue weighted by Crippen LogP contribution is -2.34. The number of nitrogens with zero attached hydrogens (tertiary/aromatic N) is 1. The highest BCUT2D eigenvalue weighted by atomic mass is 15.0. The van der Waals surface area contributed by atoms with E-state index in [1.165, 1.54) is 43.5 Å². The fraction of sp³-hybridized carbons (Fsp3) is 0.786. The highest BCUT2D eigenvalue weighted by molar-refractivity contribution is 5.21. The summed E-state index contributed by atoms with van der Waals surface area (Å²) in [4.78, 5) is 8.32. The maximum absolute atomic E-state index is 4.86. The second kappa shape index (κ2) is 4.81. The molecule has 96 valence electrons. The summed E-state index contributed by atoms with van der Waals surface area (Å²) in [7, 11) is 1.98. The quantitative estimate of drug-likeness (QED) is 0.844. The van der Waals surface area contributed by atoms with Crippen molar-refractivity contribution in [3.63, 3.8) is 0 Å². The first-order chi connectivity index (χ1) is 8.04. The Morgan fingerprint density at radius 3 is 2.47 bits per heavy atom. The molecule has 1 aromatic rings. The van der Waals surface area contributed by atoms with E-state index < -0.39 is 0 Å². The van der Waals surface area contributed by atoms with Crippen molar-refractivity contribution in [1.82, 2.24) is 15.3 Å². The summed E-state index contributed by atoms with van der Waals surface area (Å²) in [5.41, 5.74) is 2.50. The number of hydrogen-bond acceptors (Lipinski definition) is 2. The molecule has 1 saturated carbocycles. The monoisotopic (exact) mass is 235 g/mol. The highest BCUT2D eigenvalue weighted by Crippen LogP contribution is 2.34. The highest BCUT2D eigenvalue weighted by Gasteiger charge is 2.26. The van der Waals surface area contributed by atoms with Crippen molar-refractivity contribution in [1.29, 1.82) is 0 Å². The lowest BCUT2D eigenvalue weighted by atomic mass is 9.86. The predicted molar refractivity (Wildman–Crippen MR) is 71.2 cm³/mol. The number of aromatic amines is 1. The average molecular weight is 235 g/mol. The van der Waals surface area contributed by atoms with Crippen LogP contribution >= 0.6 is 0 Å². The van der Waals surface area contributed by atoms with Gasteiger partial charge in [0.15, 0.2) is 0 Å². The van der Waals surface area contributed by atoms with Crippen LogP contribution < -0.4 is 5.32 Å². The molecule has 1 heterocycles. The normalized spacial score (nSPS) is 18.6. The maximum Gasteiger partial charge on any atom is 0.126 e.